The molecular formula is C11H24N2O. The summed E-state index contributed by atoms with van der Waals surface area (Å²) < 4.78 is 0. The topological polar surface area (TPSA) is 49.5 Å². The van der Waals surface area contributed by atoms with E-state index in [0.717, 1.165) is 38.9 Å². The first-order valence-corrected chi connectivity index (χ1v) is 5.83. The van der Waals surface area contributed by atoms with Gasteiger partial charge >= 0.3 is 0 Å². The van der Waals surface area contributed by atoms with Crippen LogP contribution in [0, 0.1) is 5.92 Å². The standard InChI is InChI=1S/C11H24N2O/c1-3-9-7-13(6-5-11(9)12)8-10(14)4-2/h9-11,14H,3-8,12H2,1-2H3. The summed E-state index contributed by atoms with van der Waals surface area (Å²) >= 11 is 0. The molecule has 3 heteroatoms. The van der Waals surface area contributed by atoms with Gasteiger partial charge in [-0.25, -0.2) is 0 Å². The number of hydrogen-bond donors (Lipinski definition) is 2. The Morgan fingerprint density at radius 3 is 2.79 bits per heavy atom. The first kappa shape index (κ1) is 12.0. The molecule has 84 valence electrons. The second-order valence-electron chi connectivity index (χ2n) is 4.44. The molecule has 0 aromatic rings. The molecule has 0 bridgehead atoms. The highest BCUT2D eigenvalue weighted by Crippen LogP contribution is 2.18. The van der Waals surface area contributed by atoms with Crippen molar-refractivity contribution in [3.05, 3.63) is 0 Å². The smallest absolute Gasteiger partial charge is 0.0664 e. The van der Waals surface area contributed by atoms with Gasteiger partial charge in [0.1, 0.15) is 0 Å². The summed E-state index contributed by atoms with van der Waals surface area (Å²) in [5, 5.41) is 9.56. The van der Waals surface area contributed by atoms with Crippen molar-refractivity contribution in [2.24, 2.45) is 11.7 Å². The van der Waals surface area contributed by atoms with Crippen LogP contribution in [0.5, 0.6) is 0 Å². The molecule has 0 aliphatic carbocycles. The van der Waals surface area contributed by atoms with E-state index in [1.165, 1.54) is 0 Å². The molecule has 3 N–H and O–H groups in total. The molecule has 0 aromatic carbocycles. The Bertz CT molecular complexity index is 163. The number of piperidine rings is 1. The lowest BCUT2D eigenvalue weighted by Gasteiger charge is -2.37. The molecule has 3 nitrogen and oxygen atoms in total. The van der Waals surface area contributed by atoms with E-state index >= 15 is 0 Å². The third-order valence-corrected chi connectivity index (χ3v) is 3.34. The summed E-state index contributed by atoms with van der Waals surface area (Å²) in [7, 11) is 0. The maximum Gasteiger partial charge on any atom is 0.0664 e. The third kappa shape index (κ3) is 3.23. The Morgan fingerprint density at radius 1 is 1.50 bits per heavy atom. The fraction of sp³-hybridized carbons (Fsp3) is 1.00. The highest BCUT2D eigenvalue weighted by atomic mass is 16.3. The fourth-order valence-corrected chi connectivity index (χ4v) is 2.15. The van der Waals surface area contributed by atoms with Crippen LogP contribution in [0.25, 0.3) is 0 Å². The zero-order valence-corrected chi connectivity index (χ0v) is 9.45. The Balaban J connectivity index is 2.34. The second-order valence-corrected chi connectivity index (χ2v) is 4.44. The van der Waals surface area contributed by atoms with E-state index in [-0.39, 0.29) is 6.10 Å². The van der Waals surface area contributed by atoms with Crippen molar-refractivity contribution in [1.82, 2.24) is 4.90 Å². The number of nitrogens with two attached hydrogens (primary N) is 1. The lowest BCUT2D eigenvalue weighted by molar-refractivity contribution is 0.0747. The van der Waals surface area contributed by atoms with E-state index in [2.05, 4.69) is 11.8 Å². The van der Waals surface area contributed by atoms with Crippen molar-refractivity contribution in [3.8, 4) is 0 Å². The Labute approximate surface area is 87.3 Å². The summed E-state index contributed by atoms with van der Waals surface area (Å²) in [6, 6.07) is 0.370. The van der Waals surface area contributed by atoms with Gasteiger partial charge in [-0.1, -0.05) is 20.3 Å². The molecule has 3 atom stereocenters. The highest BCUT2D eigenvalue weighted by molar-refractivity contribution is 4.82. The molecule has 0 aromatic heterocycles. The average molecular weight is 200 g/mol. The van der Waals surface area contributed by atoms with Gasteiger partial charge in [0.25, 0.3) is 0 Å². The van der Waals surface area contributed by atoms with Crippen molar-refractivity contribution in [3.63, 3.8) is 0 Å². The summed E-state index contributed by atoms with van der Waals surface area (Å²) in [4.78, 5) is 2.35. The van der Waals surface area contributed by atoms with Crippen molar-refractivity contribution >= 4 is 0 Å². The first-order chi connectivity index (χ1) is 6.67. The Hall–Kier alpha value is -0.120. The third-order valence-electron chi connectivity index (χ3n) is 3.34. The number of nitrogens with zero attached hydrogens (tertiary/aromatic N) is 1. The number of β-amino-alcohol motifs (C(OH)–C–C–N with tert-alkyl or cyclic N) is 1. The van der Waals surface area contributed by atoms with E-state index in [9.17, 15) is 5.11 Å². The molecule has 1 aliphatic heterocycles. The van der Waals surface area contributed by atoms with Crippen LogP contribution >= 0.6 is 0 Å². The maximum absolute atomic E-state index is 9.56. The SMILES string of the molecule is CCC(O)CN1CCC(N)C(CC)C1. The van der Waals surface area contributed by atoms with E-state index in [1.807, 2.05) is 6.92 Å². The van der Waals surface area contributed by atoms with E-state index in [0.29, 0.717) is 12.0 Å². The number of aliphatic hydroxyl groups excluding tert-OH is 1. The van der Waals surface area contributed by atoms with Crippen LogP contribution in [0.1, 0.15) is 33.1 Å². The minimum Gasteiger partial charge on any atom is -0.392 e. The number of hydrogen-bond acceptors (Lipinski definition) is 3. The van der Waals surface area contributed by atoms with Crippen molar-refractivity contribution in [2.45, 2.75) is 45.3 Å². The van der Waals surface area contributed by atoms with Gasteiger partial charge in [0, 0.05) is 19.1 Å². The summed E-state index contributed by atoms with van der Waals surface area (Å²) in [6.07, 6.45) is 2.91. The fourth-order valence-electron chi connectivity index (χ4n) is 2.15. The van der Waals surface area contributed by atoms with Gasteiger partial charge in [0.2, 0.25) is 0 Å². The predicted octanol–water partition coefficient (Wildman–Crippen LogP) is 0.816. The van der Waals surface area contributed by atoms with Crippen molar-refractivity contribution in [2.75, 3.05) is 19.6 Å². The summed E-state index contributed by atoms with van der Waals surface area (Å²) in [6.45, 7) is 7.16. The normalized spacial score (nSPS) is 31.7. The quantitative estimate of drug-likeness (QED) is 0.706. The van der Waals surface area contributed by atoms with E-state index < -0.39 is 0 Å². The Kier molecular flexibility index (Phi) is 4.85. The van der Waals surface area contributed by atoms with Crippen LogP contribution in [0.2, 0.25) is 0 Å². The van der Waals surface area contributed by atoms with Crippen LogP contribution in [0.15, 0.2) is 0 Å². The summed E-state index contributed by atoms with van der Waals surface area (Å²) in [5.74, 6) is 0.618. The van der Waals surface area contributed by atoms with Gasteiger partial charge in [-0.3, -0.25) is 0 Å². The van der Waals surface area contributed by atoms with Crippen LogP contribution in [0.4, 0.5) is 0 Å². The highest BCUT2D eigenvalue weighted by Gasteiger charge is 2.25. The monoisotopic (exact) mass is 200 g/mol. The molecule has 0 spiro atoms. The minimum absolute atomic E-state index is 0.165. The molecule has 1 aliphatic rings. The lowest BCUT2D eigenvalue weighted by Crippen LogP contribution is -2.48. The van der Waals surface area contributed by atoms with Gasteiger partial charge in [-0.15, -0.1) is 0 Å². The zero-order chi connectivity index (χ0) is 10.6. The number of aliphatic hydroxyl groups is 1. The van der Waals surface area contributed by atoms with Crippen molar-refractivity contribution in [1.29, 1.82) is 0 Å². The molecule has 14 heavy (non-hydrogen) atoms. The number of likely N-dealkylation sites (tertiary alicyclic amines) is 1. The van der Waals surface area contributed by atoms with E-state index in [4.69, 9.17) is 5.73 Å². The largest absolute Gasteiger partial charge is 0.392 e. The summed E-state index contributed by atoms with van der Waals surface area (Å²) in [5.41, 5.74) is 6.03. The van der Waals surface area contributed by atoms with Gasteiger partial charge < -0.3 is 15.7 Å². The van der Waals surface area contributed by atoms with Crippen LogP contribution in [-0.4, -0.2) is 41.8 Å². The molecule has 0 saturated carbocycles. The van der Waals surface area contributed by atoms with Crippen LogP contribution in [-0.2, 0) is 0 Å². The molecule has 0 amide bonds. The van der Waals surface area contributed by atoms with Gasteiger partial charge in [0.15, 0.2) is 0 Å². The van der Waals surface area contributed by atoms with Crippen LogP contribution in [0.3, 0.4) is 0 Å². The second kappa shape index (κ2) is 5.69. The van der Waals surface area contributed by atoms with Crippen molar-refractivity contribution < 1.29 is 5.11 Å². The minimum atomic E-state index is -0.165. The molecule has 1 saturated heterocycles. The maximum atomic E-state index is 9.56. The molecule has 1 rings (SSSR count). The van der Waals surface area contributed by atoms with Crippen LogP contribution < -0.4 is 5.73 Å². The molecule has 1 heterocycles. The molecule has 3 unspecified atom stereocenters. The molecule has 0 radical (unpaired) electrons. The zero-order valence-electron chi connectivity index (χ0n) is 9.45. The average Bonchev–Trinajstić information content (AvgIpc) is 2.20. The molecule has 1 fully saturated rings. The van der Waals surface area contributed by atoms with Gasteiger partial charge in [0.05, 0.1) is 6.10 Å². The van der Waals surface area contributed by atoms with Gasteiger partial charge in [-0.05, 0) is 25.3 Å². The molecular weight excluding hydrogens is 176 g/mol. The number of rotatable bonds is 4. The Morgan fingerprint density at radius 2 is 2.21 bits per heavy atom. The van der Waals surface area contributed by atoms with E-state index in [1.54, 1.807) is 0 Å². The predicted molar refractivity (Wildman–Crippen MR) is 59.1 cm³/mol. The lowest BCUT2D eigenvalue weighted by atomic mass is 9.90. The van der Waals surface area contributed by atoms with Gasteiger partial charge in [-0.2, -0.15) is 0 Å². The first-order valence-electron chi connectivity index (χ1n) is 5.83.